The topological polar surface area (TPSA) is 78.9 Å². The molecular formula is C19H23Cl2IN2O4. The zero-order chi connectivity index (χ0) is 20.7. The van der Waals surface area contributed by atoms with Crippen molar-refractivity contribution in [2.45, 2.75) is 30.3 Å². The zero-order valence-corrected chi connectivity index (χ0v) is 19.2. The number of carbonyl (C=O) groups excluding carboxylic acids is 2. The van der Waals surface area contributed by atoms with E-state index in [2.05, 4.69) is 27.9 Å². The van der Waals surface area contributed by atoms with Gasteiger partial charge in [-0.1, -0.05) is 51.9 Å². The monoisotopic (exact) mass is 540 g/mol. The predicted octanol–water partition coefficient (Wildman–Crippen LogP) is 3.88. The maximum absolute atomic E-state index is 12.3. The van der Waals surface area contributed by atoms with Gasteiger partial charge in [0.2, 0.25) is 0 Å². The van der Waals surface area contributed by atoms with E-state index in [1.165, 1.54) is 4.90 Å². The maximum atomic E-state index is 12.3. The van der Waals surface area contributed by atoms with Gasteiger partial charge in [0.25, 0.3) is 11.8 Å². The lowest BCUT2D eigenvalue weighted by Crippen LogP contribution is -2.33. The van der Waals surface area contributed by atoms with Crippen LogP contribution < -0.4 is 5.32 Å². The molecule has 1 aromatic rings. The molecule has 0 aliphatic carbocycles. The van der Waals surface area contributed by atoms with Gasteiger partial charge in [-0.05, 0) is 43.9 Å². The van der Waals surface area contributed by atoms with E-state index in [4.69, 9.17) is 27.9 Å². The van der Waals surface area contributed by atoms with Gasteiger partial charge in [-0.2, -0.15) is 0 Å². The Morgan fingerprint density at radius 3 is 2.79 bits per heavy atom. The van der Waals surface area contributed by atoms with Crippen LogP contribution in [0, 0.1) is 0 Å². The molecule has 0 fully saturated rings. The molecule has 1 aliphatic heterocycles. The average Bonchev–Trinajstić information content (AvgIpc) is 2.92. The van der Waals surface area contributed by atoms with Crippen LogP contribution in [0.4, 0.5) is 0 Å². The fraction of sp³-hybridized carbons (Fsp3) is 0.474. The molecule has 6 nitrogen and oxygen atoms in total. The Labute approximate surface area is 188 Å². The molecule has 0 radical (unpaired) electrons. The van der Waals surface area contributed by atoms with Crippen LogP contribution in [0.1, 0.15) is 25.3 Å². The molecule has 1 aromatic carbocycles. The average molecular weight is 541 g/mol. The van der Waals surface area contributed by atoms with Gasteiger partial charge in [-0.25, -0.2) is 0 Å². The summed E-state index contributed by atoms with van der Waals surface area (Å²) in [7, 11) is 0. The molecule has 154 valence electrons. The van der Waals surface area contributed by atoms with Crippen molar-refractivity contribution in [2.24, 2.45) is 0 Å². The first-order valence-electron chi connectivity index (χ1n) is 8.98. The SMILES string of the molecule is CC(I)OCCN1CC(C(=O)NCCCCc2ccc(Cl)c(Cl)c2)=C(O)C1=O. The standard InChI is InChI=1S/C19H23Cl2IN2O4/c1-12(22)28-9-8-24-11-14(17(25)19(24)27)18(26)23-7-3-2-4-13-5-6-15(20)16(21)10-13/h5-6,10,12,25H,2-4,7-9,11H2,1H3,(H,23,26). The van der Waals surface area contributed by atoms with Gasteiger partial charge in [-0.15, -0.1) is 0 Å². The number of nitrogens with one attached hydrogen (secondary N) is 1. The van der Waals surface area contributed by atoms with Crippen molar-refractivity contribution < 1.29 is 19.4 Å². The number of ether oxygens (including phenoxy) is 1. The highest BCUT2D eigenvalue weighted by Crippen LogP contribution is 2.23. The Kier molecular flexibility index (Phi) is 9.33. The number of halogens is 3. The number of nitrogens with zero attached hydrogens (tertiary/aromatic N) is 1. The van der Waals surface area contributed by atoms with Crippen LogP contribution in [0.5, 0.6) is 0 Å². The van der Waals surface area contributed by atoms with E-state index in [1.807, 2.05) is 19.1 Å². The number of aliphatic hydroxyl groups excluding tert-OH is 1. The first-order valence-corrected chi connectivity index (χ1v) is 11.0. The van der Waals surface area contributed by atoms with E-state index in [9.17, 15) is 14.7 Å². The van der Waals surface area contributed by atoms with E-state index < -0.39 is 17.6 Å². The zero-order valence-electron chi connectivity index (χ0n) is 15.5. The summed E-state index contributed by atoms with van der Waals surface area (Å²) in [4.78, 5) is 25.7. The van der Waals surface area contributed by atoms with E-state index in [0.717, 1.165) is 24.8 Å². The predicted molar refractivity (Wildman–Crippen MR) is 118 cm³/mol. The number of unbranched alkanes of at least 4 members (excludes halogenated alkanes) is 1. The van der Waals surface area contributed by atoms with E-state index in [1.54, 1.807) is 6.07 Å². The third kappa shape index (κ3) is 6.79. The van der Waals surface area contributed by atoms with Crippen molar-refractivity contribution in [3.8, 4) is 0 Å². The van der Waals surface area contributed by atoms with Crippen LogP contribution in [0.2, 0.25) is 10.0 Å². The number of carbonyl (C=O) groups is 2. The fourth-order valence-corrected chi connectivity index (χ4v) is 3.33. The minimum absolute atomic E-state index is 0.0310. The molecule has 9 heteroatoms. The largest absolute Gasteiger partial charge is 0.503 e. The number of rotatable bonds is 10. The van der Waals surface area contributed by atoms with Crippen LogP contribution in [0.3, 0.4) is 0 Å². The molecule has 1 atom stereocenters. The Morgan fingerprint density at radius 2 is 2.11 bits per heavy atom. The smallest absolute Gasteiger partial charge is 0.289 e. The molecule has 28 heavy (non-hydrogen) atoms. The maximum Gasteiger partial charge on any atom is 0.289 e. The second-order valence-corrected chi connectivity index (χ2v) is 9.00. The van der Waals surface area contributed by atoms with Gasteiger partial charge in [-0.3, -0.25) is 9.59 Å². The number of aliphatic hydroxyl groups is 1. The summed E-state index contributed by atoms with van der Waals surface area (Å²) in [6.07, 6.45) is 2.45. The molecule has 2 rings (SSSR count). The van der Waals surface area contributed by atoms with Crippen molar-refractivity contribution in [2.75, 3.05) is 26.2 Å². The van der Waals surface area contributed by atoms with Crippen molar-refractivity contribution in [3.63, 3.8) is 0 Å². The number of alkyl halides is 1. The van der Waals surface area contributed by atoms with Crippen molar-refractivity contribution >= 4 is 57.6 Å². The highest BCUT2D eigenvalue weighted by atomic mass is 127. The second kappa shape index (κ2) is 11.2. The number of amides is 2. The highest BCUT2D eigenvalue weighted by molar-refractivity contribution is 14.1. The van der Waals surface area contributed by atoms with E-state index in [-0.39, 0.29) is 16.2 Å². The molecule has 1 aliphatic rings. The van der Waals surface area contributed by atoms with Crippen molar-refractivity contribution in [1.82, 2.24) is 10.2 Å². The molecule has 0 spiro atoms. The molecule has 1 unspecified atom stereocenters. The normalized spacial score (nSPS) is 15.3. The van der Waals surface area contributed by atoms with Gasteiger partial charge >= 0.3 is 0 Å². The molecule has 0 aromatic heterocycles. The van der Waals surface area contributed by atoms with Crippen molar-refractivity contribution in [1.29, 1.82) is 0 Å². The molecule has 0 saturated carbocycles. The van der Waals surface area contributed by atoms with Crippen LogP contribution in [-0.2, 0) is 20.7 Å². The Balaban J connectivity index is 1.72. The van der Waals surface area contributed by atoms with Crippen molar-refractivity contribution in [3.05, 3.63) is 45.1 Å². The highest BCUT2D eigenvalue weighted by Gasteiger charge is 2.33. The summed E-state index contributed by atoms with van der Waals surface area (Å²) in [6, 6.07) is 5.54. The van der Waals surface area contributed by atoms with Crippen LogP contribution in [-0.4, -0.2) is 52.2 Å². The fourth-order valence-electron chi connectivity index (χ4n) is 2.76. The van der Waals surface area contributed by atoms with Gasteiger partial charge in [0, 0.05) is 13.1 Å². The van der Waals surface area contributed by atoms with Gasteiger partial charge in [0.05, 0.1) is 28.8 Å². The number of benzene rings is 1. The van der Waals surface area contributed by atoms with Gasteiger partial charge < -0.3 is 20.1 Å². The number of hydrogen-bond donors (Lipinski definition) is 2. The first-order chi connectivity index (χ1) is 13.3. The molecule has 0 saturated heterocycles. The molecule has 2 N–H and O–H groups in total. The summed E-state index contributed by atoms with van der Waals surface area (Å²) >= 11 is 14.0. The summed E-state index contributed by atoms with van der Waals surface area (Å²) in [5.41, 5.74) is 1.19. The minimum atomic E-state index is -0.533. The quantitative estimate of drug-likeness (QED) is 0.268. The third-order valence-corrected chi connectivity index (χ3v) is 5.37. The Hall–Kier alpha value is -1.03. The summed E-state index contributed by atoms with van der Waals surface area (Å²) < 4.78 is 5.43. The lowest BCUT2D eigenvalue weighted by Gasteiger charge is -2.16. The van der Waals surface area contributed by atoms with Gasteiger partial charge in [0.1, 0.15) is 4.11 Å². The summed E-state index contributed by atoms with van der Waals surface area (Å²) in [6.45, 7) is 3.13. The minimum Gasteiger partial charge on any atom is -0.503 e. The Bertz CT molecular complexity index is 755. The van der Waals surface area contributed by atoms with E-state index >= 15 is 0 Å². The van der Waals surface area contributed by atoms with E-state index in [0.29, 0.717) is 29.7 Å². The van der Waals surface area contributed by atoms with Crippen LogP contribution >= 0.6 is 45.8 Å². The molecule has 1 heterocycles. The van der Waals surface area contributed by atoms with Crippen LogP contribution in [0.15, 0.2) is 29.5 Å². The Morgan fingerprint density at radius 1 is 1.36 bits per heavy atom. The lowest BCUT2D eigenvalue weighted by molar-refractivity contribution is -0.128. The first kappa shape index (κ1) is 23.3. The van der Waals surface area contributed by atoms with Gasteiger partial charge in [0.15, 0.2) is 5.76 Å². The molecular weight excluding hydrogens is 518 g/mol. The van der Waals surface area contributed by atoms with Crippen LogP contribution in [0.25, 0.3) is 0 Å². The summed E-state index contributed by atoms with van der Waals surface area (Å²) in [5.74, 6) is -1.42. The number of aryl methyl sites for hydroxylation is 1. The lowest BCUT2D eigenvalue weighted by atomic mass is 10.1. The molecule has 0 bridgehead atoms. The second-order valence-electron chi connectivity index (χ2n) is 6.43. The number of hydrogen-bond acceptors (Lipinski definition) is 4. The molecule has 2 amide bonds. The third-order valence-electron chi connectivity index (χ3n) is 4.27. The summed E-state index contributed by atoms with van der Waals surface area (Å²) in [5, 5.41) is 13.8.